The van der Waals surface area contributed by atoms with E-state index < -0.39 is 0 Å². The van der Waals surface area contributed by atoms with Crippen LogP contribution in [-0.4, -0.2) is 28.7 Å². The Hall–Kier alpha value is -2.78. The molecule has 0 saturated heterocycles. The number of hydrogen-bond donors (Lipinski definition) is 2. The Balaban J connectivity index is 1.34. The van der Waals surface area contributed by atoms with Gasteiger partial charge in [-0.25, -0.2) is 4.98 Å². The highest BCUT2D eigenvalue weighted by atomic mass is 35.5. The van der Waals surface area contributed by atoms with E-state index in [1.807, 2.05) is 44.2 Å². The molecule has 1 unspecified atom stereocenters. The van der Waals surface area contributed by atoms with E-state index in [1.54, 1.807) is 24.3 Å². The molecule has 0 spiro atoms. The number of halogens is 2. The van der Waals surface area contributed by atoms with Crippen LogP contribution in [0.2, 0.25) is 10.0 Å². The number of hydrogen-bond acceptors (Lipinski definition) is 6. The highest BCUT2D eigenvalue weighted by molar-refractivity contribution is 8.00. The third-order valence-corrected chi connectivity index (χ3v) is 7.46. The van der Waals surface area contributed by atoms with Crippen molar-refractivity contribution in [2.45, 2.75) is 24.0 Å². The number of thiazole rings is 1. The SMILES string of the molecule is CCOc1ccc2nc(NC(=O)C(C)Sc3ccc(NC(=O)c4ccc(Cl)cc4Cl)cc3)sc2c1. The molecule has 0 aliphatic carbocycles. The summed E-state index contributed by atoms with van der Waals surface area (Å²) >= 11 is 14.8. The number of nitrogens with zero attached hydrogens (tertiary/aromatic N) is 1. The van der Waals surface area contributed by atoms with Gasteiger partial charge in [0.25, 0.3) is 5.91 Å². The first-order valence-corrected chi connectivity index (χ1v) is 13.1. The minimum atomic E-state index is -0.352. The molecule has 0 radical (unpaired) electrons. The predicted molar refractivity (Wildman–Crippen MR) is 146 cm³/mol. The zero-order chi connectivity index (χ0) is 24.9. The maximum Gasteiger partial charge on any atom is 0.257 e. The molecule has 0 saturated carbocycles. The summed E-state index contributed by atoms with van der Waals surface area (Å²) in [7, 11) is 0. The number of nitrogens with one attached hydrogen (secondary N) is 2. The number of fused-ring (bicyclic) bond motifs is 1. The second-order valence-electron chi connectivity index (χ2n) is 7.43. The molecule has 10 heteroatoms. The van der Waals surface area contributed by atoms with Gasteiger partial charge >= 0.3 is 0 Å². The number of ether oxygens (including phenoxy) is 1. The number of benzene rings is 3. The molecular weight excluding hydrogens is 525 g/mol. The molecule has 35 heavy (non-hydrogen) atoms. The van der Waals surface area contributed by atoms with Crippen LogP contribution in [-0.2, 0) is 4.79 Å². The lowest BCUT2D eigenvalue weighted by molar-refractivity contribution is -0.115. The largest absolute Gasteiger partial charge is 0.494 e. The van der Waals surface area contributed by atoms with Crippen molar-refractivity contribution >= 4 is 79.2 Å². The van der Waals surface area contributed by atoms with E-state index >= 15 is 0 Å². The van der Waals surface area contributed by atoms with Crippen LogP contribution in [0.3, 0.4) is 0 Å². The molecule has 0 aliphatic heterocycles. The molecule has 0 bridgehead atoms. The second-order valence-corrected chi connectivity index (χ2v) is 10.7. The Kier molecular flexibility index (Phi) is 8.18. The maximum absolute atomic E-state index is 12.7. The van der Waals surface area contributed by atoms with E-state index in [0.717, 1.165) is 20.9 Å². The van der Waals surface area contributed by atoms with Gasteiger partial charge in [0.05, 0.1) is 32.7 Å². The standard InChI is InChI=1S/C25H21Cl2N3O3S2/c1-3-33-17-7-11-21-22(13-17)35-25(29-21)30-23(31)14(2)34-18-8-5-16(6-9-18)28-24(32)19-10-4-15(26)12-20(19)27/h4-14H,3H2,1-2H3,(H,28,32)(H,29,30,31). The Morgan fingerprint density at radius 1 is 1.06 bits per heavy atom. The summed E-state index contributed by atoms with van der Waals surface area (Å²) in [6.07, 6.45) is 0. The van der Waals surface area contributed by atoms with E-state index in [2.05, 4.69) is 15.6 Å². The van der Waals surface area contributed by atoms with E-state index in [0.29, 0.717) is 28.0 Å². The quantitative estimate of drug-likeness (QED) is 0.226. The molecule has 6 nitrogen and oxygen atoms in total. The average Bonchev–Trinajstić information content (AvgIpc) is 3.22. The molecule has 2 amide bonds. The predicted octanol–water partition coefficient (Wildman–Crippen LogP) is 7.37. The Bertz CT molecular complexity index is 1380. The van der Waals surface area contributed by atoms with Gasteiger partial charge in [0.1, 0.15) is 5.75 Å². The Morgan fingerprint density at radius 2 is 1.83 bits per heavy atom. The number of rotatable bonds is 8. The van der Waals surface area contributed by atoms with Crippen molar-refractivity contribution in [2.24, 2.45) is 0 Å². The second kappa shape index (κ2) is 11.3. The normalized spacial score (nSPS) is 11.8. The fraction of sp³-hybridized carbons (Fsp3) is 0.160. The van der Waals surface area contributed by atoms with Crippen LogP contribution < -0.4 is 15.4 Å². The summed E-state index contributed by atoms with van der Waals surface area (Å²) in [5.41, 5.74) is 1.76. The molecule has 3 aromatic carbocycles. The summed E-state index contributed by atoms with van der Waals surface area (Å²) in [5.74, 6) is 0.305. The summed E-state index contributed by atoms with van der Waals surface area (Å²) in [4.78, 5) is 30.6. The zero-order valence-electron chi connectivity index (χ0n) is 18.8. The lowest BCUT2D eigenvalue weighted by Crippen LogP contribution is -2.22. The minimum absolute atomic E-state index is 0.145. The van der Waals surface area contributed by atoms with Gasteiger partial charge in [-0.2, -0.15) is 0 Å². The summed E-state index contributed by atoms with van der Waals surface area (Å²) in [6.45, 7) is 4.36. The van der Waals surface area contributed by atoms with Gasteiger partial charge in [0.2, 0.25) is 5.91 Å². The van der Waals surface area contributed by atoms with E-state index in [-0.39, 0.29) is 22.1 Å². The van der Waals surface area contributed by atoms with Crippen molar-refractivity contribution in [3.8, 4) is 5.75 Å². The van der Waals surface area contributed by atoms with Gasteiger partial charge in [-0.15, -0.1) is 11.8 Å². The molecule has 180 valence electrons. The highest BCUT2D eigenvalue weighted by Crippen LogP contribution is 2.31. The van der Waals surface area contributed by atoms with Crippen molar-refractivity contribution in [3.63, 3.8) is 0 Å². The maximum atomic E-state index is 12.7. The fourth-order valence-corrected chi connectivity index (χ4v) is 5.43. The van der Waals surface area contributed by atoms with Crippen LogP contribution in [0, 0.1) is 0 Å². The number of carbonyl (C=O) groups is 2. The molecular formula is C25H21Cl2N3O3S2. The summed E-state index contributed by atoms with van der Waals surface area (Å²) in [6, 6.07) is 17.6. The van der Waals surface area contributed by atoms with Gasteiger partial charge < -0.3 is 15.4 Å². The van der Waals surface area contributed by atoms with Gasteiger partial charge in [0.15, 0.2) is 5.13 Å². The number of amides is 2. The first kappa shape index (κ1) is 25.3. The van der Waals surface area contributed by atoms with Crippen LogP contribution >= 0.6 is 46.3 Å². The third kappa shape index (κ3) is 6.46. The first-order chi connectivity index (χ1) is 16.8. The van der Waals surface area contributed by atoms with E-state index in [9.17, 15) is 9.59 Å². The lowest BCUT2D eigenvalue weighted by Gasteiger charge is -2.11. The first-order valence-electron chi connectivity index (χ1n) is 10.7. The van der Waals surface area contributed by atoms with Crippen molar-refractivity contribution in [1.82, 2.24) is 4.98 Å². The van der Waals surface area contributed by atoms with Crippen LogP contribution in [0.4, 0.5) is 10.8 Å². The molecule has 0 fully saturated rings. The van der Waals surface area contributed by atoms with Crippen LogP contribution in [0.1, 0.15) is 24.2 Å². The van der Waals surface area contributed by atoms with E-state index in [1.165, 1.54) is 29.2 Å². The van der Waals surface area contributed by atoms with Crippen LogP contribution in [0.15, 0.2) is 65.6 Å². The third-order valence-electron chi connectivity index (χ3n) is 4.87. The molecule has 0 aliphatic rings. The van der Waals surface area contributed by atoms with Crippen molar-refractivity contribution < 1.29 is 14.3 Å². The summed E-state index contributed by atoms with van der Waals surface area (Å²) < 4.78 is 6.47. The monoisotopic (exact) mass is 545 g/mol. The number of thioether (sulfide) groups is 1. The van der Waals surface area contributed by atoms with Crippen LogP contribution in [0.5, 0.6) is 5.75 Å². The highest BCUT2D eigenvalue weighted by Gasteiger charge is 2.17. The molecule has 1 aromatic heterocycles. The number of carbonyl (C=O) groups excluding carboxylic acids is 2. The molecule has 4 rings (SSSR count). The van der Waals surface area contributed by atoms with Gasteiger partial charge in [-0.3, -0.25) is 9.59 Å². The van der Waals surface area contributed by atoms with Crippen molar-refractivity contribution in [2.75, 3.05) is 17.2 Å². The van der Waals surface area contributed by atoms with Crippen LogP contribution in [0.25, 0.3) is 10.2 Å². The Labute approximate surface area is 221 Å². The van der Waals surface area contributed by atoms with Crippen molar-refractivity contribution in [1.29, 1.82) is 0 Å². The topological polar surface area (TPSA) is 80.3 Å². The molecule has 1 heterocycles. The molecule has 1 atom stereocenters. The number of aromatic nitrogens is 1. The molecule has 4 aromatic rings. The van der Waals surface area contributed by atoms with E-state index in [4.69, 9.17) is 27.9 Å². The van der Waals surface area contributed by atoms with Gasteiger partial charge in [0, 0.05) is 15.6 Å². The van der Waals surface area contributed by atoms with Gasteiger partial charge in [-0.1, -0.05) is 34.5 Å². The fourth-order valence-electron chi connectivity index (χ4n) is 3.17. The lowest BCUT2D eigenvalue weighted by atomic mass is 10.2. The Morgan fingerprint density at radius 3 is 2.54 bits per heavy atom. The zero-order valence-corrected chi connectivity index (χ0v) is 21.9. The molecule has 2 N–H and O–H groups in total. The minimum Gasteiger partial charge on any atom is -0.494 e. The van der Waals surface area contributed by atoms with Crippen molar-refractivity contribution in [3.05, 3.63) is 76.3 Å². The summed E-state index contributed by atoms with van der Waals surface area (Å²) in [5, 5.41) is 6.64. The van der Waals surface area contributed by atoms with Gasteiger partial charge in [-0.05, 0) is 74.5 Å². The number of anilines is 2. The average molecular weight is 547 g/mol. The smallest absolute Gasteiger partial charge is 0.257 e.